The Morgan fingerprint density at radius 3 is 2.74 bits per heavy atom. The van der Waals surface area contributed by atoms with Crippen molar-refractivity contribution in [1.82, 2.24) is 5.32 Å². The van der Waals surface area contributed by atoms with Crippen molar-refractivity contribution in [1.29, 1.82) is 0 Å². The minimum atomic E-state index is -0.638. The molecular formula is C21H22FNO4. The highest BCUT2D eigenvalue weighted by Gasteiger charge is 2.42. The molecular weight excluding hydrogens is 349 g/mol. The Labute approximate surface area is 157 Å². The molecule has 0 aromatic heterocycles. The Kier molecular flexibility index (Phi) is 4.88. The van der Waals surface area contributed by atoms with Gasteiger partial charge < -0.3 is 19.5 Å². The molecule has 1 N–H and O–H groups in total. The molecule has 6 heteroatoms. The van der Waals surface area contributed by atoms with Crippen molar-refractivity contribution < 1.29 is 23.4 Å². The quantitative estimate of drug-likeness (QED) is 0.789. The molecule has 0 radical (unpaired) electrons. The van der Waals surface area contributed by atoms with Crippen LogP contribution >= 0.6 is 0 Å². The van der Waals surface area contributed by atoms with E-state index in [2.05, 4.69) is 5.32 Å². The highest BCUT2D eigenvalue weighted by Crippen LogP contribution is 2.41. The molecule has 27 heavy (non-hydrogen) atoms. The van der Waals surface area contributed by atoms with Crippen LogP contribution in [0.2, 0.25) is 0 Å². The highest BCUT2D eigenvalue weighted by atomic mass is 19.1. The van der Waals surface area contributed by atoms with Gasteiger partial charge in [-0.05, 0) is 42.7 Å². The molecule has 1 fully saturated rings. The number of benzene rings is 2. The number of hydrogen-bond acceptors (Lipinski definition) is 4. The van der Waals surface area contributed by atoms with Gasteiger partial charge in [0.05, 0.1) is 12.0 Å². The monoisotopic (exact) mass is 371 g/mol. The summed E-state index contributed by atoms with van der Waals surface area (Å²) in [6, 6.07) is 11.8. The van der Waals surface area contributed by atoms with E-state index in [1.165, 1.54) is 12.1 Å². The number of halogens is 1. The number of fused-ring (bicyclic) bond motifs is 1. The van der Waals surface area contributed by atoms with Crippen molar-refractivity contribution in [3.8, 4) is 17.2 Å². The van der Waals surface area contributed by atoms with E-state index in [1.54, 1.807) is 24.3 Å². The molecule has 2 aromatic carbocycles. The molecule has 1 saturated carbocycles. The van der Waals surface area contributed by atoms with Crippen LogP contribution in [0.4, 0.5) is 4.39 Å². The highest BCUT2D eigenvalue weighted by molar-refractivity contribution is 5.88. The van der Waals surface area contributed by atoms with E-state index in [0.717, 1.165) is 31.2 Å². The number of hydrogen-bond donors (Lipinski definition) is 1. The third kappa shape index (κ3) is 3.56. The van der Waals surface area contributed by atoms with Gasteiger partial charge in [-0.15, -0.1) is 0 Å². The van der Waals surface area contributed by atoms with Gasteiger partial charge in [-0.1, -0.05) is 25.0 Å². The average molecular weight is 371 g/mol. The van der Waals surface area contributed by atoms with Crippen LogP contribution in [0.25, 0.3) is 0 Å². The third-order valence-corrected chi connectivity index (χ3v) is 5.27. The standard InChI is InChI=1S/C21H22FNO4/c22-16-5-3-4-15(12-16)21(8-1-2-9-21)20(24)23-10-11-25-17-6-7-18-19(13-17)27-14-26-18/h3-7,12-13H,1-2,8-11,14H2,(H,23,24). The topological polar surface area (TPSA) is 56.8 Å². The predicted octanol–water partition coefficient (Wildman–Crippen LogP) is 3.56. The molecule has 1 aliphatic carbocycles. The first kappa shape index (κ1) is 17.6. The Balaban J connectivity index is 1.35. The number of ether oxygens (including phenoxy) is 3. The third-order valence-electron chi connectivity index (χ3n) is 5.27. The lowest BCUT2D eigenvalue weighted by Gasteiger charge is -2.28. The zero-order valence-electron chi connectivity index (χ0n) is 15.0. The van der Waals surface area contributed by atoms with Crippen molar-refractivity contribution in [2.75, 3.05) is 19.9 Å². The molecule has 142 valence electrons. The summed E-state index contributed by atoms with van der Waals surface area (Å²) < 4.78 is 30.0. The molecule has 4 rings (SSSR count). The molecule has 2 aromatic rings. The number of carbonyl (C=O) groups is 1. The summed E-state index contributed by atoms with van der Waals surface area (Å²) in [5, 5.41) is 2.96. The van der Waals surface area contributed by atoms with Gasteiger partial charge in [-0.25, -0.2) is 4.39 Å². The SMILES string of the molecule is O=C(NCCOc1ccc2c(c1)OCO2)C1(c2cccc(F)c2)CCCC1. The van der Waals surface area contributed by atoms with E-state index in [-0.39, 0.29) is 18.5 Å². The molecule has 0 spiro atoms. The molecule has 0 atom stereocenters. The molecule has 0 unspecified atom stereocenters. The lowest BCUT2D eigenvalue weighted by atomic mass is 9.78. The van der Waals surface area contributed by atoms with Gasteiger partial charge >= 0.3 is 0 Å². The second-order valence-corrected chi connectivity index (χ2v) is 6.92. The van der Waals surface area contributed by atoms with Crippen LogP contribution in [0.15, 0.2) is 42.5 Å². The van der Waals surface area contributed by atoms with Gasteiger partial charge in [0.25, 0.3) is 0 Å². The van der Waals surface area contributed by atoms with Crippen LogP contribution in [0.1, 0.15) is 31.2 Å². The van der Waals surface area contributed by atoms with Gasteiger partial charge in [0.2, 0.25) is 12.7 Å². The smallest absolute Gasteiger partial charge is 0.231 e. The number of carbonyl (C=O) groups excluding carboxylic acids is 1. The minimum Gasteiger partial charge on any atom is -0.492 e. The fourth-order valence-corrected chi connectivity index (χ4v) is 3.88. The van der Waals surface area contributed by atoms with Gasteiger partial charge in [-0.3, -0.25) is 4.79 Å². The van der Waals surface area contributed by atoms with Crippen molar-refractivity contribution >= 4 is 5.91 Å². The van der Waals surface area contributed by atoms with Gasteiger partial charge in [0, 0.05) is 6.07 Å². The minimum absolute atomic E-state index is 0.0557. The van der Waals surface area contributed by atoms with E-state index in [9.17, 15) is 9.18 Å². The predicted molar refractivity (Wildman–Crippen MR) is 97.6 cm³/mol. The Morgan fingerprint density at radius 2 is 1.93 bits per heavy atom. The van der Waals surface area contributed by atoms with Crippen LogP contribution in [0.3, 0.4) is 0 Å². The second kappa shape index (κ2) is 7.47. The van der Waals surface area contributed by atoms with E-state index < -0.39 is 5.41 Å². The Morgan fingerprint density at radius 1 is 1.11 bits per heavy atom. The van der Waals surface area contributed by atoms with E-state index in [4.69, 9.17) is 14.2 Å². The maximum atomic E-state index is 13.7. The first-order chi connectivity index (χ1) is 13.2. The first-order valence-electron chi connectivity index (χ1n) is 9.24. The van der Waals surface area contributed by atoms with Crippen LogP contribution < -0.4 is 19.5 Å². The van der Waals surface area contributed by atoms with Crippen molar-refractivity contribution in [3.05, 3.63) is 53.8 Å². The molecule has 1 amide bonds. The van der Waals surface area contributed by atoms with Gasteiger partial charge in [-0.2, -0.15) is 0 Å². The summed E-state index contributed by atoms with van der Waals surface area (Å²) in [6.45, 7) is 0.936. The Bertz CT molecular complexity index is 833. The lowest BCUT2D eigenvalue weighted by molar-refractivity contribution is -0.126. The van der Waals surface area contributed by atoms with Crippen LogP contribution in [0.5, 0.6) is 17.2 Å². The largest absolute Gasteiger partial charge is 0.492 e. The second-order valence-electron chi connectivity index (χ2n) is 6.92. The van der Waals surface area contributed by atoms with E-state index in [0.29, 0.717) is 30.4 Å². The number of amides is 1. The van der Waals surface area contributed by atoms with Crippen LogP contribution in [0, 0.1) is 5.82 Å². The first-order valence-corrected chi connectivity index (χ1v) is 9.24. The van der Waals surface area contributed by atoms with E-state index >= 15 is 0 Å². The van der Waals surface area contributed by atoms with Gasteiger partial charge in [0.15, 0.2) is 11.5 Å². The van der Waals surface area contributed by atoms with Crippen molar-refractivity contribution in [3.63, 3.8) is 0 Å². The van der Waals surface area contributed by atoms with Gasteiger partial charge in [0.1, 0.15) is 18.2 Å². The molecule has 5 nitrogen and oxygen atoms in total. The summed E-state index contributed by atoms with van der Waals surface area (Å²) in [6.07, 6.45) is 3.42. The summed E-state index contributed by atoms with van der Waals surface area (Å²) in [4.78, 5) is 12.9. The maximum Gasteiger partial charge on any atom is 0.231 e. The van der Waals surface area contributed by atoms with Crippen molar-refractivity contribution in [2.45, 2.75) is 31.1 Å². The fourth-order valence-electron chi connectivity index (χ4n) is 3.88. The molecule has 0 saturated heterocycles. The summed E-state index contributed by atoms with van der Waals surface area (Å²) >= 11 is 0. The number of rotatable bonds is 6. The molecule has 1 aliphatic heterocycles. The zero-order valence-corrected chi connectivity index (χ0v) is 15.0. The van der Waals surface area contributed by atoms with E-state index in [1.807, 2.05) is 6.07 Å². The summed E-state index contributed by atoms with van der Waals surface area (Å²) in [5.74, 6) is 1.66. The normalized spacial score (nSPS) is 16.9. The summed E-state index contributed by atoms with van der Waals surface area (Å²) in [5.41, 5.74) is 0.120. The summed E-state index contributed by atoms with van der Waals surface area (Å²) in [7, 11) is 0. The molecule has 1 heterocycles. The maximum absolute atomic E-state index is 13.7. The molecule has 0 bridgehead atoms. The van der Waals surface area contributed by atoms with Crippen LogP contribution in [-0.4, -0.2) is 25.9 Å². The molecule has 2 aliphatic rings. The average Bonchev–Trinajstić information content (AvgIpc) is 3.34. The lowest BCUT2D eigenvalue weighted by Crippen LogP contribution is -2.44. The fraction of sp³-hybridized carbons (Fsp3) is 0.381. The van der Waals surface area contributed by atoms with Crippen molar-refractivity contribution in [2.24, 2.45) is 0 Å². The van der Waals surface area contributed by atoms with Crippen LogP contribution in [-0.2, 0) is 10.2 Å². The Hall–Kier alpha value is -2.76. The zero-order chi connectivity index (χ0) is 18.7. The number of nitrogens with one attached hydrogen (secondary N) is 1.